The van der Waals surface area contributed by atoms with Gasteiger partial charge in [-0.3, -0.25) is 0 Å². The minimum absolute atomic E-state index is 0.289. The highest BCUT2D eigenvalue weighted by Crippen LogP contribution is 2.28. The van der Waals surface area contributed by atoms with Crippen molar-refractivity contribution >= 4 is 11.6 Å². The molecule has 1 aromatic heterocycles. The van der Waals surface area contributed by atoms with Crippen molar-refractivity contribution in [1.82, 2.24) is 9.97 Å². The Labute approximate surface area is 132 Å². The Morgan fingerprint density at radius 1 is 0.909 bits per heavy atom. The number of anilines is 2. The topological polar surface area (TPSA) is 50.7 Å². The van der Waals surface area contributed by atoms with E-state index in [0.29, 0.717) is 0 Å². The van der Waals surface area contributed by atoms with E-state index in [1.807, 2.05) is 0 Å². The van der Waals surface area contributed by atoms with Crippen LogP contribution in [0.15, 0.2) is 12.4 Å². The third-order valence-electron chi connectivity index (χ3n) is 4.45. The molecular weight excluding hydrogens is 280 g/mol. The van der Waals surface area contributed by atoms with Gasteiger partial charge in [-0.2, -0.15) is 0 Å². The van der Waals surface area contributed by atoms with Crippen molar-refractivity contribution in [2.24, 2.45) is 0 Å². The summed E-state index contributed by atoms with van der Waals surface area (Å²) in [6.45, 7) is 9.39. The Balaban J connectivity index is 1.80. The van der Waals surface area contributed by atoms with Gasteiger partial charge >= 0.3 is 0 Å². The zero-order valence-electron chi connectivity index (χ0n) is 13.6. The summed E-state index contributed by atoms with van der Waals surface area (Å²) in [5.41, 5.74) is 0. The summed E-state index contributed by atoms with van der Waals surface area (Å²) in [7, 11) is 0. The standard InChI is InChI=1S/C16H26N4O2/c1-3-13-11-19(7-9-21-13)15-16(18-6-5-17-15)20-8-10-22-14(4-2)12-20/h5-6,13-14H,3-4,7-12H2,1-2H3/t13-,14+. The van der Waals surface area contributed by atoms with Gasteiger partial charge in [0.25, 0.3) is 0 Å². The molecule has 2 aliphatic heterocycles. The van der Waals surface area contributed by atoms with E-state index in [4.69, 9.17) is 9.47 Å². The zero-order valence-corrected chi connectivity index (χ0v) is 13.6. The van der Waals surface area contributed by atoms with Gasteiger partial charge in [-0.05, 0) is 12.8 Å². The van der Waals surface area contributed by atoms with Gasteiger partial charge in [-0.15, -0.1) is 0 Å². The maximum Gasteiger partial charge on any atom is 0.172 e. The minimum Gasteiger partial charge on any atom is -0.375 e. The molecule has 2 atom stereocenters. The van der Waals surface area contributed by atoms with Crippen LogP contribution in [-0.4, -0.2) is 61.6 Å². The molecule has 0 aliphatic carbocycles. The molecule has 0 radical (unpaired) electrons. The molecule has 2 aliphatic rings. The second-order valence-electron chi connectivity index (χ2n) is 5.90. The van der Waals surface area contributed by atoms with Crippen LogP contribution in [0.2, 0.25) is 0 Å². The summed E-state index contributed by atoms with van der Waals surface area (Å²) in [5, 5.41) is 0. The third-order valence-corrected chi connectivity index (χ3v) is 4.45. The first-order valence-electron chi connectivity index (χ1n) is 8.36. The molecule has 6 nitrogen and oxygen atoms in total. The van der Waals surface area contributed by atoms with Crippen LogP contribution in [-0.2, 0) is 9.47 Å². The maximum atomic E-state index is 5.78. The summed E-state index contributed by atoms with van der Waals surface area (Å²) in [6.07, 6.45) is 6.21. The third kappa shape index (κ3) is 3.33. The van der Waals surface area contributed by atoms with Crippen LogP contribution in [0.4, 0.5) is 11.6 Å². The highest BCUT2D eigenvalue weighted by Gasteiger charge is 2.27. The lowest BCUT2D eigenvalue weighted by Crippen LogP contribution is -2.46. The predicted molar refractivity (Wildman–Crippen MR) is 86.5 cm³/mol. The number of ether oxygens (including phenoxy) is 2. The van der Waals surface area contributed by atoms with Crippen LogP contribution in [0.1, 0.15) is 26.7 Å². The van der Waals surface area contributed by atoms with Crippen molar-refractivity contribution in [3.8, 4) is 0 Å². The van der Waals surface area contributed by atoms with E-state index in [2.05, 4.69) is 33.6 Å². The molecule has 6 heteroatoms. The fraction of sp³-hybridized carbons (Fsp3) is 0.750. The highest BCUT2D eigenvalue weighted by molar-refractivity contribution is 5.62. The first-order chi connectivity index (χ1) is 10.8. The van der Waals surface area contributed by atoms with Crippen molar-refractivity contribution in [2.45, 2.75) is 38.9 Å². The molecule has 0 saturated carbocycles. The Kier molecular flexibility index (Phi) is 5.10. The molecular formula is C16H26N4O2. The van der Waals surface area contributed by atoms with Crippen LogP contribution in [0.25, 0.3) is 0 Å². The van der Waals surface area contributed by atoms with Gasteiger partial charge in [0.05, 0.1) is 25.4 Å². The Hall–Kier alpha value is -1.40. The van der Waals surface area contributed by atoms with Crippen LogP contribution < -0.4 is 9.80 Å². The van der Waals surface area contributed by atoms with E-state index in [9.17, 15) is 0 Å². The lowest BCUT2D eigenvalue weighted by atomic mass is 10.2. The SMILES string of the molecule is CC[C@@H]1CN(c2nccnc2N2CCO[C@@H](CC)C2)CCO1. The summed E-state index contributed by atoms with van der Waals surface area (Å²) in [6, 6.07) is 0. The molecule has 0 unspecified atom stereocenters. The molecule has 2 saturated heterocycles. The van der Waals surface area contributed by atoms with Gasteiger partial charge in [0.1, 0.15) is 0 Å². The van der Waals surface area contributed by atoms with Crippen molar-refractivity contribution in [3.63, 3.8) is 0 Å². The molecule has 122 valence electrons. The molecule has 0 amide bonds. The predicted octanol–water partition coefficient (Wildman–Crippen LogP) is 1.71. The summed E-state index contributed by atoms with van der Waals surface area (Å²) >= 11 is 0. The second-order valence-corrected chi connectivity index (χ2v) is 5.90. The van der Waals surface area contributed by atoms with E-state index in [1.54, 1.807) is 12.4 Å². The molecule has 3 heterocycles. The molecule has 0 spiro atoms. The number of hydrogen-bond acceptors (Lipinski definition) is 6. The van der Waals surface area contributed by atoms with Crippen molar-refractivity contribution in [3.05, 3.63) is 12.4 Å². The summed E-state index contributed by atoms with van der Waals surface area (Å²) in [4.78, 5) is 13.9. The summed E-state index contributed by atoms with van der Waals surface area (Å²) < 4.78 is 11.6. The minimum atomic E-state index is 0.289. The van der Waals surface area contributed by atoms with Gasteiger partial charge < -0.3 is 19.3 Å². The number of hydrogen-bond donors (Lipinski definition) is 0. The number of nitrogens with zero attached hydrogens (tertiary/aromatic N) is 4. The lowest BCUT2D eigenvalue weighted by molar-refractivity contribution is 0.0364. The Bertz CT molecular complexity index is 442. The van der Waals surface area contributed by atoms with E-state index in [1.165, 1.54) is 0 Å². The fourth-order valence-corrected chi connectivity index (χ4v) is 3.09. The molecule has 22 heavy (non-hydrogen) atoms. The number of aromatic nitrogens is 2. The Morgan fingerprint density at radius 2 is 1.36 bits per heavy atom. The maximum absolute atomic E-state index is 5.78. The van der Waals surface area contributed by atoms with Gasteiger partial charge in [0.2, 0.25) is 0 Å². The number of rotatable bonds is 4. The van der Waals surface area contributed by atoms with Crippen LogP contribution in [0.3, 0.4) is 0 Å². The van der Waals surface area contributed by atoms with E-state index in [-0.39, 0.29) is 12.2 Å². The first-order valence-corrected chi connectivity index (χ1v) is 8.36. The first kappa shape index (κ1) is 15.5. The van der Waals surface area contributed by atoms with E-state index >= 15 is 0 Å². The zero-order chi connectivity index (χ0) is 15.4. The average molecular weight is 306 g/mol. The Morgan fingerprint density at radius 3 is 1.77 bits per heavy atom. The van der Waals surface area contributed by atoms with Crippen LogP contribution >= 0.6 is 0 Å². The second kappa shape index (κ2) is 7.24. The molecule has 0 bridgehead atoms. The smallest absolute Gasteiger partial charge is 0.172 e. The molecule has 3 rings (SSSR count). The molecule has 0 aromatic carbocycles. The number of morpholine rings is 2. The van der Waals surface area contributed by atoms with Crippen LogP contribution in [0, 0.1) is 0 Å². The van der Waals surface area contributed by atoms with Gasteiger partial charge in [0, 0.05) is 38.6 Å². The van der Waals surface area contributed by atoms with Gasteiger partial charge in [-0.1, -0.05) is 13.8 Å². The van der Waals surface area contributed by atoms with E-state index in [0.717, 1.165) is 63.9 Å². The van der Waals surface area contributed by atoms with Crippen LogP contribution in [0.5, 0.6) is 0 Å². The largest absolute Gasteiger partial charge is 0.375 e. The molecule has 1 aromatic rings. The van der Waals surface area contributed by atoms with E-state index < -0.39 is 0 Å². The van der Waals surface area contributed by atoms with Crippen molar-refractivity contribution in [2.75, 3.05) is 49.2 Å². The summed E-state index contributed by atoms with van der Waals surface area (Å²) in [5.74, 6) is 1.97. The lowest BCUT2D eigenvalue weighted by Gasteiger charge is -2.38. The average Bonchev–Trinajstić information content (AvgIpc) is 2.62. The molecule has 2 fully saturated rings. The molecule has 0 N–H and O–H groups in total. The highest BCUT2D eigenvalue weighted by atomic mass is 16.5. The van der Waals surface area contributed by atoms with Crippen molar-refractivity contribution < 1.29 is 9.47 Å². The fourth-order valence-electron chi connectivity index (χ4n) is 3.09. The normalized spacial score (nSPS) is 26.3. The van der Waals surface area contributed by atoms with Gasteiger partial charge in [-0.25, -0.2) is 9.97 Å². The van der Waals surface area contributed by atoms with Gasteiger partial charge in [0.15, 0.2) is 11.6 Å². The van der Waals surface area contributed by atoms with Crippen molar-refractivity contribution in [1.29, 1.82) is 0 Å². The monoisotopic (exact) mass is 306 g/mol. The quantitative estimate of drug-likeness (QED) is 0.844.